The fourth-order valence-electron chi connectivity index (χ4n) is 2.41. The average Bonchev–Trinajstić information content (AvgIpc) is 2.40. The van der Waals surface area contributed by atoms with Crippen molar-refractivity contribution in [1.82, 2.24) is 9.29 Å². The molecule has 18 heavy (non-hydrogen) atoms. The van der Waals surface area contributed by atoms with Gasteiger partial charge in [0.15, 0.2) is 5.03 Å². The van der Waals surface area contributed by atoms with Crippen molar-refractivity contribution in [2.24, 2.45) is 11.8 Å². The van der Waals surface area contributed by atoms with Gasteiger partial charge in [-0.1, -0.05) is 19.9 Å². The second kappa shape index (κ2) is 5.36. The third-order valence-electron chi connectivity index (χ3n) is 3.68. The maximum Gasteiger partial charge on any atom is 0.260 e. The second-order valence-corrected chi connectivity index (χ2v) is 7.04. The van der Waals surface area contributed by atoms with Gasteiger partial charge in [-0.25, -0.2) is 13.4 Å². The molecule has 0 aromatic carbocycles. The van der Waals surface area contributed by atoms with Crippen LogP contribution in [-0.4, -0.2) is 30.8 Å². The molecule has 0 bridgehead atoms. The summed E-state index contributed by atoms with van der Waals surface area (Å²) in [6, 6.07) is 4.99. The minimum absolute atomic E-state index is 0.160. The largest absolute Gasteiger partial charge is 0.260 e. The van der Waals surface area contributed by atoms with Crippen LogP contribution < -0.4 is 0 Å². The highest BCUT2D eigenvalue weighted by molar-refractivity contribution is 7.89. The van der Waals surface area contributed by atoms with E-state index in [0.29, 0.717) is 24.9 Å². The number of aromatic nitrogens is 1. The van der Waals surface area contributed by atoms with E-state index in [2.05, 4.69) is 18.8 Å². The molecule has 1 fully saturated rings. The van der Waals surface area contributed by atoms with E-state index in [4.69, 9.17) is 0 Å². The molecule has 5 heteroatoms. The summed E-state index contributed by atoms with van der Waals surface area (Å²) in [6.07, 6.45) is 3.42. The fourth-order valence-corrected chi connectivity index (χ4v) is 3.82. The molecule has 0 spiro atoms. The molecule has 0 radical (unpaired) electrons. The van der Waals surface area contributed by atoms with Gasteiger partial charge in [0.25, 0.3) is 10.0 Å². The molecule has 2 heterocycles. The van der Waals surface area contributed by atoms with Gasteiger partial charge in [0.05, 0.1) is 0 Å². The molecule has 1 aliphatic rings. The van der Waals surface area contributed by atoms with Crippen LogP contribution in [0.25, 0.3) is 0 Å². The van der Waals surface area contributed by atoms with Crippen molar-refractivity contribution < 1.29 is 8.42 Å². The molecule has 2 rings (SSSR count). The second-order valence-electron chi connectivity index (χ2n) is 5.15. The molecular weight excluding hydrogens is 248 g/mol. The number of sulfonamides is 1. The van der Waals surface area contributed by atoms with E-state index < -0.39 is 10.0 Å². The van der Waals surface area contributed by atoms with Gasteiger partial charge in [-0.3, -0.25) is 0 Å². The molecule has 0 saturated carbocycles. The van der Waals surface area contributed by atoms with Gasteiger partial charge in [0, 0.05) is 19.3 Å². The Balaban J connectivity index is 2.10. The van der Waals surface area contributed by atoms with Crippen molar-refractivity contribution in [1.29, 1.82) is 0 Å². The first kappa shape index (κ1) is 13.5. The average molecular weight is 268 g/mol. The SMILES string of the molecule is CC(C)C1CCN(S(=O)(=O)c2ccccn2)CC1. The van der Waals surface area contributed by atoms with E-state index in [0.717, 1.165) is 12.8 Å². The molecule has 0 unspecified atom stereocenters. The molecular formula is C13H20N2O2S. The van der Waals surface area contributed by atoms with Crippen LogP contribution in [0.2, 0.25) is 0 Å². The summed E-state index contributed by atoms with van der Waals surface area (Å²) in [7, 11) is -3.39. The summed E-state index contributed by atoms with van der Waals surface area (Å²) in [4.78, 5) is 3.95. The smallest absolute Gasteiger partial charge is 0.243 e. The Morgan fingerprint density at radius 1 is 1.28 bits per heavy atom. The number of rotatable bonds is 3. The lowest BCUT2D eigenvalue weighted by Crippen LogP contribution is -2.39. The quantitative estimate of drug-likeness (QED) is 0.844. The van der Waals surface area contributed by atoms with Crippen molar-refractivity contribution in [2.45, 2.75) is 31.7 Å². The number of nitrogens with zero attached hydrogens (tertiary/aromatic N) is 2. The standard InChI is InChI=1S/C13H20N2O2S/c1-11(2)12-6-9-15(10-7-12)18(16,17)13-5-3-4-8-14-13/h3-5,8,11-12H,6-7,9-10H2,1-2H3. The Morgan fingerprint density at radius 3 is 2.44 bits per heavy atom. The minimum Gasteiger partial charge on any atom is -0.243 e. The van der Waals surface area contributed by atoms with Gasteiger partial charge in [-0.15, -0.1) is 0 Å². The Hall–Kier alpha value is -0.940. The van der Waals surface area contributed by atoms with Crippen LogP contribution in [0.15, 0.2) is 29.4 Å². The van der Waals surface area contributed by atoms with Gasteiger partial charge in [0.1, 0.15) is 0 Å². The molecule has 100 valence electrons. The molecule has 1 saturated heterocycles. The third-order valence-corrected chi connectivity index (χ3v) is 5.50. The maximum atomic E-state index is 12.3. The van der Waals surface area contributed by atoms with Crippen molar-refractivity contribution in [3.63, 3.8) is 0 Å². The first-order chi connectivity index (χ1) is 8.51. The van der Waals surface area contributed by atoms with Crippen LogP contribution in [-0.2, 0) is 10.0 Å². The van der Waals surface area contributed by atoms with Crippen molar-refractivity contribution >= 4 is 10.0 Å². The fraction of sp³-hybridized carbons (Fsp3) is 0.615. The van der Waals surface area contributed by atoms with Crippen molar-refractivity contribution in [3.8, 4) is 0 Å². The highest BCUT2D eigenvalue weighted by atomic mass is 32.2. The molecule has 1 aromatic rings. The zero-order valence-corrected chi connectivity index (χ0v) is 11.7. The molecule has 0 amide bonds. The molecule has 4 nitrogen and oxygen atoms in total. The zero-order valence-electron chi connectivity index (χ0n) is 10.9. The Morgan fingerprint density at radius 2 is 1.94 bits per heavy atom. The topological polar surface area (TPSA) is 50.3 Å². The maximum absolute atomic E-state index is 12.3. The normalized spacial score (nSPS) is 19.3. The first-order valence-corrected chi connectivity index (χ1v) is 7.87. The summed E-state index contributed by atoms with van der Waals surface area (Å²) in [5.74, 6) is 1.27. The monoisotopic (exact) mass is 268 g/mol. The Labute approximate surface area is 109 Å². The van der Waals surface area contributed by atoms with Gasteiger partial charge in [-0.2, -0.15) is 4.31 Å². The minimum atomic E-state index is -3.39. The van der Waals surface area contributed by atoms with Crippen molar-refractivity contribution in [2.75, 3.05) is 13.1 Å². The van der Waals surface area contributed by atoms with Gasteiger partial charge >= 0.3 is 0 Å². The summed E-state index contributed by atoms with van der Waals surface area (Å²) in [5, 5.41) is 0.160. The van der Waals surface area contributed by atoms with Crippen LogP contribution >= 0.6 is 0 Å². The molecule has 1 aliphatic heterocycles. The third kappa shape index (κ3) is 2.72. The van der Waals surface area contributed by atoms with Crippen LogP contribution in [0.5, 0.6) is 0 Å². The zero-order chi connectivity index (χ0) is 13.2. The summed E-state index contributed by atoms with van der Waals surface area (Å²) >= 11 is 0. The van der Waals surface area contributed by atoms with Crippen LogP contribution in [0.4, 0.5) is 0 Å². The lowest BCUT2D eigenvalue weighted by atomic mass is 9.87. The predicted octanol–water partition coefficient (Wildman–Crippen LogP) is 2.14. The van der Waals surface area contributed by atoms with E-state index >= 15 is 0 Å². The summed E-state index contributed by atoms with van der Waals surface area (Å²) in [6.45, 7) is 5.63. The lowest BCUT2D eigenvalue weighted by Gasteiger charge is -2.32. The molecule has 0 aliphatic carbocycles. The Kier molecular flexibility index (Phi) is 4.02. The van der Waals surface area contributed by atoms with Gasteiger partial charge < -0.3 is 0 Å². The first-order valence-electron chi connectivity index (χ1n) is 6.43. The molecule has 0 N–H and O–H groups in total. The highest BCUT2D eigenvalue weighted by Crippen LogP contribution is 2.27. The van der Waals surface area contributed by atoms with Gasteiger partial charge in [-0.05, 0) is 36.8 Å². The van der Waals surface area contributed by atoms with E-state index in [1.54, 1.807) is 22.5 Å². The lowest BCUT2D eigenvalue weighted by molar-refractivity contribution is 0.226. The van der Waals surface area contributed by atoms with Gasteiger partial charge in [0.2, 0.25) is 0 Å². The van der Waals surface area contributed by atoms with Crippen LogP contribution in [0.1, 0.15) is 26.7 Å². The number of hydrogen-bond acceptors (Lipinski definition) is 3. The molecule has 1 aromatic heterocycles. The number of pyridine rings is 1. The van der Waals surface area contributed by atoms with E-state index in [-0.39, 0.29) is 5.03 Å². The molecule has 0 atom stereocenters. The van der Waals surface area contributed by atoms with Crippen molar-refractivity contribution in [3.05, 3.63) is 24.4 Å². The number of piperidine rings is 1. The predicted molar refractivity (Wildman–Crippen MR) is 70.6 cm³/mol. The van der Waals surface area contributed by atoms with E-state index in [9.17, 15) is 8.42 Å². The van der Waals surface area contributed by atoms with E-state index in [1.165, 1.54) is 6.20 Å². The summed E-state index contributed by atoms with van der Waals surface area (Å²) < 4.78 is 26.2. The van der Waals surface area contributed by atoms with Crippen LogP contribution in [0, 0.1) is 11.8 Å². The number of hydrogen-bond donors (Lipinski definition) is 0. The Bertz CT molecular complexity index is 477. The highest BCUT2D eigenvalue weighted by Gasteiger charge is 2.30. The summed E-state index contributed by atoms with van der Waals surface area (Å²) in [5.41, 5.74) is 0. The van der Waals surface area contributed by atoms with Crippen LogP contribution in [0.3, 0.4) is 0 Å². The van der Waals surface area contributed by atoms with E-state index in [1.807, 2.05) is 0 Å².